The third kappa shape index (κ3) is 3.66. The Balaban J connectivity index is 2.14. The van der Waals surface area contributed by atoms with E-state index in [4.69, 9.17) is 0 Å². The van der Waals surface area contributed by atoms with E-state index in [2.05, 4.69) is 10.1 Å². The van der Waals surface area contributed by atoms with E-state index in [-0.39, 0.29) is 12.0 Å². The van der Waals surface area contributed by atoms with Crippen molar-refractivity contribution in [2.24, 2.45) is 0 Å². The molecule has 0 atom stereocenters. The zero-order valence-corrected chi connectivity index (χ0v) is 11.4. The van der Waals surface area contributed by atoms with Crippen LogP contribution in [0.15, 0.2) is 48.5 Å². The highest BCUT2D eigenvalue weighted by Crippen LogP contribution is 2.17. The molecular weight excluding hydrogens is 273 g/mol. The molecule has 4 nitrogen and oxygen atoms in total. The van der Waals surface area contributed by atoms with Crippen molar-refractivity contribution in [1.82, 2.24) is 0 Å². The first kappa shape index (κ1) is 14.7. The first-order chi connectivity index (χ1) is 10.1. The Morgan fingerprint density at radius 2 is 1.76 bits per heavy atom. The van der Waals surface area contributed by atoms with E-state index in [9.17, 15) is 14.0 Å². The maximum absolute atomic E-state index is 13.5. The number of nitrogens with one attached hydrogen (secondary N) is 1. The minimum Gasteiger partial charge on any atom is -0.465 e. The molecule has 0 aliphatic heterocycles. The van der Waals surface area contributed by atoms with Gasteiger partial charge >= 0.3 is 5.97 Å². The van der Waals surface area contributed by atoms with Gasteiger partial charge < -0.3 is 10.1 Å². The zero-order chi connectivity index (χ0) is 15.2. The van der Waals surface area contributed by atoms with Crippen molar-refractivity contribution in [1.29, 1.82) is 0 Å². The molecule has 0 heterocycles. The van der Waals surface area contributed by atoms with Gasteiger partial charge in [0, 0.05) is 0 Å². The number of halogens is 1. The molecule has 0 unspecified atom stereocenters. The second-order valence-electron chi connectivity index (χ2n) is 4.35. The van der Waals surface area contributed by atoms with Crippen LogP contribution in [0, 0.1) is 5.82 Å². The molecule has 0 saturated carbocycles. The van der Waals surface area contributed by atoms with Gasteiger partial charge in [0.1, 0.15) is 5.82 Å². The summed E-state index contributed by atoms with van der Waals surface area (Å²) < 4.78 is 18.1. The molecule has 0 aliphatic carbocycles. The number of carbonyl (C=O) groups is 2. The Morgan fingerprint density at radius 3 is 2.48 bits per heavy atom. The Morgan fingerprint density at radius 1 is 1.10 bits per heavy atom. The van der Waals surface area contributed by atoms with Crippen LogP contribution in [-0.4, -0.2) is 19.0 Å². The van der Waals surface area contributed by atoms with Gasteiger partial charge in [-0.15, -0.1) is 0 Å². The Hall–Kier alpha value is -2.69. The van der Waals surface area contributed by atoms with Gasteiger partial charge in [0.15, 0.2) is 0 Å². The fourth-order valence-electron chi connectivity index (χ4n) is 1.89. The molecule has 5 heteroatoms. The summed E-state index contributed by atoms with van der Waals surface area (Å²) in [5, 5.41) is 2.60. The molecule has 0 saturated heterocycles. The van der Waals surface area contributed by atoms with Crippen molar-refractivity contribution in [3.63, 3.8) is 0 Å². The normalized spacial score (nSPS) is 10.0. The molecule has 0 fully saturated rings. The summed E-state index contributed by atoms with van der Waals surface area (Å²) in [6.45, 7) is 0. The summed E-state index contributed by atoms with van der Waals surface area (Å²) in [5.41, 5.74) is 0.887. The predicted octanol–water partition coefficient (Wildman–Crippen LogP) is 2.79. The van der Waals surface area contributed by atoms with Crippen LogP contribution < -0.4 is 5.32 Å². The molecule has 0 bridgehead atoms. The molecule has 2 aromatic rings. The lowest BCUT2D eigenvalue weighted by Gasteiger charge is -2.09. The van der Waals surface area contributed by atoms with Crippen LogP contribution >= 0.6 is 0 Å². The number of anilines is 1. The van der Waals surface area contributed by atoms with Crippen LogP contribution in [0.4, 0.5) is 10.1 Å². The lowest BCUT2D eigenvalue weighted by atomic mass is 10.1. The summed E-state index contributed by atoms with van der Waals surface area (Å²) in [5.74, 6) is -1.39. The molecule has 0 radical (unpaired) electrons. The second-order valence-corrected chi connectivity index (χ2v) is 4.35. The molecule has 0 aromatic heterocycles. The maximum atomic E-state index is 13.5. The average molecular weight is 287 g/mol. The number of rotatable bonds is 4. The summed E-state index contributed by atoms with van der Waals surface area (Å²) in [6, 6.07) is 12.5. The van der Waals surface area contributed by atoms with Crippen molar-refractivity contribution in [2.75, 3.05) is 12.4 Å². The van der Waals surface area contributed by atoms with Crippen LogP contribution in [0.5, 0.6) is 0 Å². The van der Waals surface area contributed by atoms with Gasteiger partial charge in [-0.05, 0) is 23.8 Å². The van der Waals surface area contributed by atoms with Crippen LogP contribution in [0.2, 0.25) is 0 Å². The average Bonchev–Trinajstić information content (AvgIpc) is 2.49. The Bertz CT molecular complexity index is 670. The zero-order valence-electron chi connectivity index (χ0n) is 11.4. The highest BCUT2D eigenvalue weighted by atomic mass is 19.1. The van der Waals surface area contributed by atoms with Crippen molar-refractivity contribution in [3.8, 4) is 0 Å². The number of ether oxygens (including phenoxy) is 1. The van der Waals surface area contributed by atoms with Gasteiger partial charge in [0.25, 0.3) is 0 Å². The van der Waals surface area contributed by atoms with Crippen molar-refractivity contribution in [3.05, 3.63) is 65.5 Å². The number of carbonyl (C=O) groups excluding carboxylic acids is 2. The van der Waals surface area contributed by atoms with Crippen LogP contribution in [0.1, 0.15) is 15.9 Å². The molecule has 2 rings (SSSR count). The van der Waals surface area contributed by atoms with Crippen molar-refractivity contribution < 1.29 is 18.7 Å². The van der Waals surface area contributed by atoms with Crippen molar-refractivity contribution in [2.45, 2.75) is 6.42 Å². The van der Waals surface area contributed by atoms with E-state index in [1.165, 1.54) is 13.2 Å². The standard InChI is InChI=1S/C16H14FNO3/c1-21-16(20)12-7-3-5-9-14(12)18-15(19)10-11-6-2-4-8-13(11)17/h2-9H,10H2,1H3,(H,18,19). The number of hydrogen-bond donors (Lipinski definition) is 1. The molecule has 1 N–H and O–H groups in total. The molecule has 108 valence electrons. The van der Waals surface area contributed by atoms with E-state index in [0.29, 0.717) is 11.3 Å². The largest absolute Gasteiger partial charge is 0.465 e. The third-order valence-corrected chi connectivity index (χ3v) is 2.92. The van der Waals surface area contributed by atoms with Gasteiger partial charge in [0.05, 0.1) is 24.8 Å². The van der Waals surface area contributed by atoms with Crippen LogP contribution in [-0.2, 0) is 16.0 Å². The number of amides is 1. The molecule has 0 aliphatic rings. The van der Waals surface area contributed by atoms with Gasteiger partial charge in [-0.3, -0.25) is 4.79 Å². The fourth-order valence-corrected chi connectivity index (χ4v) is 1.89. The number of benzene rings is 2. The van der Waals surface area contributed by atoms with E-state index in [1.807, 2.05) is 0 Å². The van der Waals surface area contributed by atoms with Gasteiger partial charge in [-0.2, -0.15) is 0 Å². The van der Waals surface area contributed by atoms with Crippen molar-refractivity contribution >= 4 is 17.6 Å². The molecule has 1 amide bonds. The molecule has 0 spiro atoms. The molecule has 21 heavy (non-hydrogen) atoms. The molecular formula is C16H14FNO3. The quantitative estimate of drug-likeness (QED) is 0.880. The number of hydrogen-bond acceptors (Lipinski definition) is 3. The Labute approximate surface area is 121 Å². The topological polar surface area (TPSA) is 55.4 Å². The van der Waals surface area contributed by atoms with Crippen LogP contribution in [0.25, 0.3) is 0 Å². The third-order valence-electron chi connectivity index (χ3n) is 2.92. The minimum absolute atomic E-state index is 0.109. The van der Waals surface area contributed by atoms with E-state index in [0.717, 1.165) is 0 Å². The SMILES string of the molecule is COC(=O)c1ccccc1NC(=O)Cc1ccccc1F. The lowest BCUT2D eigenvalue weighted by molar-refractivity contribution is -0.115. The summed E-state index contributed by atoms with van der Waals surface area (Å²) in [7, 11) is 1.26. The summed E-state index contributed by atoms with van der Waals surface area (Å²) in [6.07, 6.45) is -0.109. The smallest absolute Gasteiger partial charge is 0.339 e. The monoisotopic (exact) mass is 287 g/mol. The maximum Gasteiger partial charge on any atom is 0.339 e. The second kappa shape index (κ2) is 6.65. The van der Waals surface area contributed by atoms with E-state index < -0.39 is 17.7 Å². The molecule has 2 aromatic carbocycles. The summed E-state index contributed by atoms with van der Waals surface area (Å²) >= 11 is 0. The first-order valence-electron chi connectivity index (χ1n) is 6.32. The predicted molar refractivity (Wildman–Crippen MR) is 76.5 cm³/mol. The Kier molecular flexibility index (Phi) is 4.66. The van der Waals surface area contributed by atoms with E-state index in [1.54, 1.807) is 42.5 Å². The lowest BCUT2D eigenvalue weighted by Crippen LogP contribution is -2.17. The van der Waals surface area contributed by atoms with Crippen LogP contribution in [0.3, 0.4) is 0 Å². The minimum atomic E-state index is -0.545. The van der Waals surface area contributed by atoms with Gasteiger partial charge in [-0.1, -0.05) is 30.3 Å². The van der Waals surface area contributed by atoms with E-state index >= 15 is 0 Å². The number of para-hydroxylation sites is 1. The fraction of sp³-hybridized carbons (Fsp3) is 0.125. The highest BCUT2D eigenvalue weighted by molar-refractivity contribution is 6.01. The van der Waals surface area contributed by atoms with Gasteiger partial charge in [-0.25, -0.2) is 9.18 Å². The highest BCUT2D eigenvalue weighted by Gasteiger charge is 2.14. The number of methoxy groups -OCH3 is 1. The first-order valence-corrected chi connectivity index (χ1v) is 6.32. The van der Waals surface area contributed by atoms with Gasteiger partial charge in [0.2, 0.25) is 5.91 Å². The number of esters is 1. The summed E-state index contributed by atoms with van der Waals surface area (Å²) in [4.78, 5) is 23.6.